The largest absolute Gasteiger partial charge is 0.234 e. The number of nitrogens with zero attached hydrogens (tertiary/aromatic N) is 3. The normalized spacial score (nSPS) is 11.2. The van der Waals surface area contributed by atoms with Gasteiger partial charge in [0.15, 0.2) is 5.65 Å². The SMILES string of the molecule is Cc1nc2ccnn2c(-c2ccc(F)c(Cl)c2)c1C. The van der Waals surface area contributed by atoms with Gasteiger partial charge >= 0.3 is 0 Å². The summed E-state index contributed by atoms with van der Waals surface area (Å²) in [6, 6.07) is 6.51. The number of fused-ring (bicyclic) bond motifs is 1. The Bertz CT molecular complexity index is 780. The number of hydrogen-bond acceptors (Lipinski definition) is 2. The minimum Gasteiger partial charge on any atom is -0.234 e. The van der Waals surface area contributed by atoms with E-state index in [1.165, 1.54) is 6.07 Å². The Morgan fingerprint density at radius 2 is 2.00 bits per heavy atom. The van der Waals surface area contributed by atoms with Crippen molar-refractivity contribution in [2.75, 3.05) is 0 Å². The zero-order chi connectivity index (χ0) is 13.6. The molecule has 96 valence electrons. The molecule has 3 aromatic rings. The van der Waals surface area contributed by atoms with Crippen LogP contribution in [0.1, 0.15) is 11.3 Å². The fourth-order valence-electron chi connectivity index (χ4n) is 2.12. The first-order valence-electron chi connectivity index (χ1n) is 5.84. The summed E-state index contributed by atoms with van der Waals surface area (Å²) in [5, 5.41) is 4.37. The van der Waals surface area contributed by atoms with Gasteiger partial charge in [0.25, 0.3) is 0 Å². The molecule has 2 aromatic heterocycles. The minimum atomic E-state index is -0.425. The molecule has 0 unspecified atom stereocenters. The van der Waals surface area contributed by atoms with Gasteiger partial charge in [-0.1, -0.05) is 11.6 Å². The average Bonchev–Trinajstić information content (AvgIpc) is 2.82. The van der Waals surface area contributed by atoms with E-state index in [1.54, 1.807) is 22.8 Å². The van der Waals surface area contributed by atoms with Gasteiger partial charge < -0.3 is 0 Å². The van der Waals surface area contributed by atoms with E-state index < -0.39 is 5.82 Å². The highest BCUT2D eigenvalue weighted by Crippen LogP contribution is 2.28. The van der Waals surface area contributed by atoms with Crippen molar-refractivity contribution in [1.29, 1.82) is 0 Å². The lowest BCUT2D eigenvalue weighted by molar-refractivity contribution is 0.628. The van der Waals surface area contributed by atoms with Crippen LogP contribution in [0, 0.1) is 19.7 Å². The molecule has 2 heterocycles. The van der Waals surface area contributed by atoms with E-state index in [2.05, 4.69) is 10.1 Å². The number of benzene rings is 1. The van der Waals surface area contributed by atoms with E-state index in [0.717, 1.165) is 28.2 Å². The maximum atomic E-state index is 13.3. The van der Waals surface area contributed by atoms with Crippen molar-refractivity contribution in [2.24, 2.45) is 0 Å². The molecule has 0 atom stereocenters. The van der Waals surface area contributed by atoms with Gasteiger partial charge in [0, 0.05) is 17.3 Å². The van der Waals surface area contributed by atoms with E-state index in [1.807, 2.05) is 19.9 Å². The third-order valence-corrected chi connectivity index (χ3v) is 3.50. The second kappa shape index (κ2) is 4.31. The Hall–Kier alpha value is -1.94. The molecule has 3 rings (SSSR count). The molecular weight excluding hydrogens is 265 g/mol. The van der Waals surface area contributed by atoms with Gasteiger partial charge in [0.1, 0.15) is 5.82 Å². The summed E-state index contributed by atoms with van der Waals surface area (Å²) in [5.74, 6) is -0.425. The molecule has 1 aromatic carbocycles. The lowest BCUT2D eigenvalue weighted by atomic mass is 10.1. The molecule has 19 heavy (non-hydrogen) atoms. The first-order valence-corrected chi connectivity index (χ1v) is 6.22. The third kappa shape index (κ3) is 1.88. The molecule has 0 aliphatic carbocycles. The summed E-state index contributed by atoms with van der Waals surface area (Å²) >= 11 is 5.86. The van der Waals surface area contributed by atoms with Crippen LogP contribution in [-0.4, -0.2) is 14.6 Å². The zero-order valence-electron chi connectivity index (χ0n) is 10.5. The smallest absolute Gasteiger partial charge is 0.155 e. The average molecular weight is 276 g/mol. The van der Waals surface area contributed by atoms with Gasteiger partial charge in [-0.05, 0) is 37.6 Å². The van der Waals surface area contributed by atoms with Crippen LogP contribution >= 0.6 is 11.6 Å². The Kier molecular flexibility index (Phi) is 2.75. The zero-order valence-corrected chi connectivity index (χ0v) is 11.2. The number of halogens is 2. The second-order valence-electron chi connectivity index (χ2n) is 4.40. The predicted octanol–water partition coefficient (Wildman–Crippen LogP) is 3.81. The summed E-state index contributed by atoms with van der Waals surface area (Å²) in [6.07, 6.45) is 1.69. The Balaban J connectivity index is 2.37. The first-order chi connectivity index (χ1) is 9.08. The van der Waals surface area contributed by atoms with Crippen molar-refractivity contribution in [3.63, 3.8) is 0 Å². The van der Waals surface area contributed by atoms with E-state index in [0.29, 0.717) is 0 Å². The van der Waals surface area contributed by atoms with Crippen molar-refractivity contribution < 1.29 is 4.39 Å². The van der Waals surface area contributed by atoms with E-state index in [4.69, 9.17) is 11.6 Å². The third-order valence-electron chi connectivity index (χ3n) is 3.21. The summed E-state index contributed by atoms with van der Waals surface area (Å²) in [5.41, 5.74) is 4.39. The van der Waals surface area contributed by atoms with Crippen molar-refractivity contribution in [1.82, 2.24) is 14.6 Å². The maximum absolute atomic E-state index is 13.3. The Morgan fingerprint density at radius 3 is 2.74 bits per heavy atom. The topological polar surface area (TPSA) is 30.2 Å². The molecule has 0 fully saturated rings. The molecular formula is C14H11ClFN3. The Labute approximate surface area is 114 Å². The molecule has 0 aliphatic rings. The molecule has 0 saturated carbocycles. The predicted molar refractivity (Wildman–Crippen MR) is 72.9 cm³/mol. The van der Waals surface area contributed by atoms with Crippen LogP contribution in [0.4, 0.5) is 4.39 Å². The van der Waals surface area contributed by atoms with Crippen LogP contribution < -0.4 is 0 Å². The molecule has 0 N–H and O–H groups in total. The van der Waals surface area contributed by atoms with Gasteiger partial charge in [-0.2, -0.15) is 5.10 Å². The Morgan fingerprint density at radius 1 is 1.21 bits per heavy atom. The van der Waals surface area contributed by atoms with Crippen molar-refractivity contribution >= 4 is 17.2 Å². The van der Waals surface area contributed by atoms with Gasteiger partial charge in [0.2, 0.25) is 0 Å². The molecule has 0 spiro atoms. The fourth-order valence-corrected chi connectivity index (χ4v) is 2.30. The molecule has 0 radical (unpaired) electrons. The van der Waals surface area contributed by atoms with Crippen LogP contribution in [0.2, 0.25) is 5.02 Å². The van der Waals surface area contributed by atoms with Gasteiger partial charge in [-0.25, -0.2) is 13.9 Å². The minimum absolute atomic E-state index is 0.103. The van der Waals surface area contributed by atoms with Gasteiger partial charge in [-0.3, -0.25) is 0 Å². The fraction of sp³-hybridized carbons (Fsp3) is 0.143. The van der Waals surface area contributed by atoms with Gasteiger partial charge in [-0.15, -0.1) is 0 Å². The van der Waals surface area contributed by atoms with Crippen LogP contribution in [0.15, 0.2) is 30.5 Å². The second-order valence-corrected chi connectivity index (χ2v) is 4.81. The van der Waals surface area contributed by atoms with Crippen molar-refractivity contribution in [3.8, 4) is 11.3 Å². The lowest BCUT2D eigenvalue weighted by Crippen LogP contribution is -2.02. The molecule has 3 nitrogen and oxygen atoms in total. The lowest BCUT2D eigenvalue weighted by Gasteiger charge is -2.11. The maximum Gasteiger partial charge on any atom is 0.155 e. The monoisotopic (exact) mass is 275 g/mol. The molecule has 0 saturated heterocycles. The standard InChI is InChI=1S/C14H11ClFN3/c1-8-9(2)18-13-5-6-17-19(13)14(8)10-3-4-12(16)11(15)7-10/h3-7H,1-2H3. The summed E-state index contributed by atoms with van der Waals surface area (Å²) < 4.78 is 15.0. The highest BCUT2D eigenvalue weighted by Gasteiger charge is 2.13. The number of aromatic nitrogens is 3. The molecule has 0 aliphatic heterocycles. The molecule has 0 bridgehead atoms. The molecule has 0 amide bonds. The van der Waals surface area contributed by atoms with Crippen molar-refractivity contribution in [3.05, 3.63) is 52.6 Å². The van der Waals surface area contributed by atoms with Crippen molar-refractivity contribution in [2.45, 2.75) is 13.8 Å². The van der Waals surface area contributed by atoms with E-state index in [-0.39, 0.29) is 5.02 Å². The van der Waals surface area contributed by atoms with Crippen LogP contribution in [0.3, 0.4) is 0 Å². The highest BCUT2D eigenvalue weighted by atomic mass is 35.5. The van der Waals surface area contributed by atoms with Gasteiger partial charge in [0.05, 0.1) is 16.9 Å². The quantitative estimate of drug-likeness (QED) is 0.676. The first kappa shape index (κ1) is 12.1. The van der Waals surface area contributed by atoms with Crippen LogP contribution in [-0.2, 0) is 0 Å². The van der Waals surface area contributed by atoms with E-state index >= 15 is 0 Å². The number of hydrogen-bond donors (Lipinski definition) is 0. The summed E-state index contributed by atoms with van der Waals surface area (Å²) in [4.78, 5) is 4.45. The van der Waals surface area contributed by atoms with Crippen LogP contribution in [0.5, 0.6) is 0 Å². The van der Waals surface area contributed by atoms with Crippen LogP contribution in [0.25, 0.3) is 16.9 Å². The highest BCUT2D eigenvalue weighted by molar-refractivity contribution is 6.31. The summed E-state index contributed by atoms with van der Waals surface area (Å²) in [6.45, 7) is 3.91. The molecule has 5 heteroatoms. The number of rotatable bonds is 1. The van der Waals surface area contributed by atoms with E-state index in [9.17, 15) is 4.39 Å². The summed E-state index contributed by atoms with van der Waals surface area (Å²) in [7, 11) is 0. The number of aryl methyl sites for hydroxylation is 1.